The number of aliphatic hydroxyl groups is 3. The van der Waals surface area contributed by atoms with Gasteiger partial charge in [-0.05, 0) is 201 Å². The zero-order valence-corrected chi connectivity index (χ0v) is 85.3. The number of pyridine rings is 3. The Kier molecular flexibility index (Phi) is 33.3. The third kappa shape index (κ3) is 25.5. The van der Waals surface area contributed by atoms with E-state index in [-0.39, 0.29) is 138 Å². The van der Waals surface area contributed by atoms with E-state index in [1.807, 2.05) is 141 Å². The van der Waals surface area contributed by atoms with Crippen LogP contribution >= 0.6 is 0 Å². The predicted octanol–water partition coefficient (Wildman–Crippen LogP) is 30.7. The summed E-state index contributed by atoms with van der Waals surface area (Å²) < 4.78 is 0. The number of nitrogens with zero attached hydrogens (tertiary/aromatic N) is 3. The van der Waals surface area contributed by atoms with E-state index < -0.39 is 0 Å². The zero-order chi connectivity index (χ0) is 89.7. The maximum absolute atomic E-state index is 9.60. The number of ketones is 3. The Morgan fingerprint density at radius 1 is 0.280 bits per heavy atom. The summed E-state index contributed by atoms with van der Waals surface area (Å²) in [6.07, 6.45) is 10.0. The number of fused-ring (bicyclic) bond motifs is 15. The van der Waals surface area contributed by atoms with Gasteiger partial charge in [-0.2, -0.15) is 0 Å². The molecule has 15 aromatic rings. The van der Waals surface area contributed by atoms with Crippen molar-refractivity contribution in [2.24, 2.45) is 27.1 Å². The van der Waals surface area contributed by atoms with Crippen LogP contribution in [0, 0.1) is 59.1 Å². The van der Waals surface area contributed by atoms with Crippen molar-refractivity contribution in [3.05, 3.63) is 306 Å². The summed E-state index contributed by atoms with van der Waals surface area (Å²) in [4.78, 5) is 42.1. The second-order valence-electron chi connectivity index (χ2n) is 40.6. The predicted molar refractivity (Wildman–Crippen MR) is 525 cm³/mol. The minimum atomic E-state index is -0.306. The van der Waals surface area contributed by atoms with Gasteiger partial charge in [0.2, 0.25) is 0 Å². The van der Waals surface area contributed by atoms with Gasteiger partial charge in [-0.1, -0.05) is 272 Å². The normalized spacial score (nSPS) is 12.4. The van der Waals surface area contributed by atoms with Crippen molar-refractivity contribution in [1.82, 2.24) is 15.0 Å². The molecule has 0 unspecified atom stereocenters. The molecule has 0 saturated carbocycles. The molecule has 125 heavy (non-hydrogen) atoms. The number of aliphatic hydroxyl groups excluding tert-OH is 3. The van der Waals surface area contributed by atoms with Crippen LogP contribution in [-0.2, 0) is 76.6 Å². The standard InChI is InChI=1S/2C28H24N.C27H22N.2C11H20O2.C8H14O2.3Ir/c1-18-6-5-7-20(16-18)27-26-13-12-23-22-11-9-21(28(2,3)4)17-19(22)8-10-24(23)25(26)14-15-29-27;1-18-6-5-7-20(16-18)27-25-13-12-23-22(24(25)14-15-29-27)11-9-19-8-10-21(17-26(19)23)28(2,3)4;1-27(2,3)20-9-6-8-19(17-20)26-25-14-13-22-21-10-5-4-7-18(21)11-12-23(22)24(25)15-16-28-26;2*1-10(2,3)8(12)7-9(13)11(4,5)6;1-6(9)5-7(10)8(2,3)4;;;/h2*5-6,8-17H,1-4H3;4-7,9-17H,1-3H3;2*7,12H,1-6H3;5,10H,1-4H3;;;/q3*-1;;;;;;/p+3. The van der Waals surface area contributed by atoms with Gasteiger partial charge in [-0.15, -0.1) is 106 Å². The van der Waals surface area contributed by atoms with Crippen LogP contribution in [-0.4, -0.2) is 62.0 Å². The van der Waals surface area contributed by atoms with Crippen LogP contribution in [0.15, 0.2) is 260 Å². The maximum Gasteiger partial charge on any atom is 0.325 e. The minimum Gasteiger partial charge on any atom is -0.511 e. The third-order valence-corrected chi connectivity index (χ3v) is 22.0. The van der Waals surface area contributed by atoms with Crippen LogP contribution in [0.4, 0.5) is 0 Å². The summed E-state index contributed by atoms with van der Waals surface area (Å²) in [7, 11) is 0. The van der Waals surface area contributed by atoms with E-state index in [0.29, 0.717) is 0 Å². The van der Waals surface area contributed by atoms with Crippen molar-refractivity contribution in [1.29, 1.82) is 0 Å². The fourth-order valence-corrected chi connectivity index (χ4v) is 14.0. The molecule has 12 aromatic carbocycles. The van der Waals surface area contributed by atoms with Crippen molar-refractivity contribution in [3.63, 3.8) is 0 Å². The van der Waals surface area contributed by atoms with Crippen molar-refractivity contribution < 1.29 is 90.0 Å². The molecule has 0 aliphatic carbocycles. The molecule has 3 radical (unpaired) electrons. The quantitative estimate of drug-likeness (QED) is 0.0493. The molecule has 0 aliphatic rings. The smallest absolute Gasteiger partial charge is 0.325 e. The van der Waals surface area contributed by atoms with Gasteiger partial charge < -0.3 is 30.3 Å². The SMILES string of the molecule is CC(=[OH+])C=C(O)C(C)(C)C.CC(C)(C)C(=[OH+])C=C(O)C(C)(C)C.CC(C)(C)C(=[OH+])C=C(O)C(C)(C)C.CC(C)(C)c1cc[c-]c(-c2nccc3c2ccc2c4ccccc4ccc32)c1.Cc1cc[c-]c(-c2nccc3c2ccc2c4cc(C(C)(C)C)ccc4ccc32)c1.Cc1cc[c-]c(-c2nccc3c2ccc2c4ccc(C(C)(C)C)cc4ccc32)c1.[Ir].[Ir].[Ir]. The Bertz CT molecular complexity index is 6500. The molecule has 3 aromatic heterocycles. The summed E-state index contributed by atoms with van der Waals surface area (Å²) in [6, 6.07) is 84.5. The first-order chi connectivity index (χ1) is 56.8. The fourth-order valence-electron chi connectivity index (χ4n) is 14.0. The first-order valence-electron chi connectivity index (χ1n) is 42.4. The number of carbonyl (C=O) groups excluding carboxylic acids is 3. The van der Waals surface area contributed by atoms with Crippen molar-refractivity contribution in [3.8, 4) is 33.8 Å². The number of hydrogen-bond acceptors (Lipinski definition) is 6. The molecule has 6 N–H and O–H groups in total. The number of hydrogen-bond donors (Lipinski definition) is 3. The van der Waals surface area contributed by atoms with Crippen molar-refractivity contribution >= 4 is 114 Å². The second kappa shape index (κ2) is 40.8. The van der Waals surface area contributed by atoms with E-state index in [1.165, 1.54) is 150 Å². The van der Waals surface area contributed by atoms with Gasteiger partial charge in [-0.3, -0.25) is 14.4 Å². The third-order valence-electron chi connectivity index (χ3n) is 22.0. The molecular formula is C113H127Ir3N3O6. The molecule has 0 saturated heterocycles. The first-order valence-corrected chi connectivity index (χ1v) is 42.4. The molecule has 0 aliphatic heterocycles. The van der Waals surface area contributed by atoms with Crippen LogP contribution in [0.25, 0.3) is 131 Å². The van der Waals surface area contributed by atoms with Crippen molar-refractivity contribution in [2.45, 2.75) is 203 Å². The maximum atomic E-state index is 9.60. The van der Waals surface area contributed by atoms with Crippen LogP contribution in [0.3, 0.4) is 0 Å². The summed E-state index contributed by atoms with van der Waals surface area (Å²) in [6.45, 7) is 54.5. The average molecular weight is 2200 g/mol. The number of aromatic nitrogens is 3. The minimum absolute atomic E-state index is 0. The van der Waals surface area contributed by atoms with Gasteiger partial charge in [0, 0.05) is 95.2 Å². The monoisotopic (exact) mass is 2200 g/mol. The topological polar surface area (TPSA) is 164 Å². The Morgan fingerprint density at radius 2 is 0.560 bits per heavy atom. The van der Waals surface area contributed by atoms with E-state index in [4.69, 9.17) is 19.7 Å². The molecule has 12 heteroatoms. The van der Waals surface area contributed by atoms with Crippen LogP contribution in [0.5, 0.6) is 0 Å². The Balaban J connectivity index is 0.000000215. The van der Waals surface area contributed by atoms with Gasteiger partial charge >= 0.3 is 17.3 Å². The van der Waals surface area contributed by atoms with Gasteiger partial charge in [0.15, 0.2) is 0 Å². The van der Waals surface area contributed by atoms with Crippen molar-refractivity contribution in [2.75, 3.05) is 0 Å². The number of rotatable bonds is 6. The van der Waals surface area contributed by atoms with E-state index in [0.717, 1.165) is 33.8 Å². The number of benzene rings is 12. The fraction of sp³-hybridized carbons (Fsp3) is 0.310. The van der Waals surface area contributed by atoms with Gasteiger partial charge in [0.25, 0.3) is 0 Å². The Hall–Kier alpha value is -9.99. The molecule has 15 rings (SSSR count). The zero-order valence-electron chi connectivity index (χ0n) is 78.1. The molecule has 3 heterocycles. The molecule has 0 atom stereocenters. The average Bonchev–Trinajstić information content (AvgIpc) is 0.754. The van der Waals surface area contributed by atoms with E-state index >= 15 is 0 Å². The Morgan fingerprint density at radius 3 is 0.928 bits per heavy atom. The van der Waals surface area contributed by atoms with Gasteiger partial charge in [0.05, 0.1) is 36.0 Å². The molecular weight excluding hydrogens is 2070 g/mol. The van der Waals surface area contributed by atoms with Gasteiger partial charge in [0.1, 0.15) is 17.3 Å². The summed E-state index contributed by atoms with van der Waals surface area (Å²) in [5.74, 6) is 1.17. The van der Waals surface area contributed by atoms with Gasteiger partial charge in [-0.25, -0.2) is 0 Å². The molecule has 0 fully saturated rings. The molecule has 0 bridgehead atoms. The first kappa shape index (κ1) is 102. The number of allylic oxidation sites excluding steroid dienone is 6. The van der Waals surface area contributed by atoms with Crippen LogP contribution < -0.4 is 0 Å². The summed E-state index contributed by atoms with van der Waals surface area (Å²) in [5.41, 5.74) is 11.5. The van der Waals surface area contributed by atoms with Crippen LogP contribution in [0.1, 0.15) is 201 Å². The Labute approximate surface area is 783 Å². The molecule has 0 amide bonds. The molecule has 9 nitrogen and oxygen atoms in total. The largest absolute Gasteiger partial charge is 0.511 e. The van der Waals surface area contributed by atoms with E-state index in [2.05, 4.69) is 282 Å². The molecule has 657 valence electrons. The molecule has 0 spiro atoms. The van der Waals surface area contributed by atoms with Crippen LogP contribution in [0.2, 0.25) is 0 Å². The van der Waals surface area contributed by atoms with E-state index in [1.54, 1.807) is 0 Å². The summed E-state index contributed by atoms with van der Waals surface area (Å²) in [5, 5.41) is 51.1. The second-order valence-corrected chi connectivity index (χ2v) is 40.6. The van der Waals surface area contributed by atoms with E-state index in [9.17, 15) is 24.9 Å². The number of aryl methyl sites for hydroxylation is 2. The summed E-state index contributed by atoms with van der Waals surface area (Å²) >= 11 is 0.